The highest BCUT2D eigenvalue weighted by Gasteiger charge is 2.33. The van der Waals surface area contributed by atoms with Crippen LogP contribution in [0.25, 0.3) is 0 Å². The van der Waals surface area contributed by atoms with Gasteiger partial charge in [0.25, 0.3) is 0 Å². The summed E-state index contributed by atoms with van der Waals surface area (Å²) in [6, 6.07) is 3.57. The number of thiophene rings is 1. The fraction of sp³-hybridized carbons (Fsp3) is 0.667. The van der Waals surface area contributed by atoms with E-state index in [9.17, 15) is 9.59 Å². The van der Waals surface area contributed by atoms with Crippen LogP contribution in [-0.4, -0.2) is 24.6 Å². The van der Waals surface area contributed by atoms with Gasteiger partial charge < -0.3 is 9.47 Å². The Morgan fingerprint density at radius 3 is 2.65 bits per heavy atom. The average molecular weight is 338 g/mol. The van der Waals surface area contributed by atoms with Crippen molar-refractivity contribution in [1.82, 2.24) is 0 Å². The van der Waals surface area contributed by atoms with E-state index < -0.39 is 11.9 Å². The summed E-state index contributed by atoms with van der Waals surface area (Å²) < 4.78 is 10.7. The third-order valence-electron chi connectivity index (χ3n) is 4.51. The minimum Gasteiger partial charge on any atom is -0.460 e. The predicted octanol–water partition coefficient (Wildman–Crippen LogP) is 4.22. The lowest BCUT2D eigenvalue weighted by Gasteiger charge is -2.36. The molecule has 0 spiro atoms. The average Bonchev–Trinajstić information content (AvgIpc) is 2.91. The number of carbonyl (C=O) groups is 2. The van der Waals surface area contributed by atoms with E-state index >= 15 is 0 Å². The maximum Gasteiger partial charge on any atom is 0.348 e. The van der Waals surface area contributed by atoms with E-state index in [0.717, 1.165) is 17.7 Å². The van der Waals surface area contributed by atoms with Crippen molar-refractivity contribution in [3.63, 3.8) is 0 Å². The number of aryl methyl sites for hydroxylation is 1. The third-order valence-corrected chi connectivity index (χ3v) is 5.49. The summed E-state index contributed by atoms with van der Waals surface area (Å²) in [4.78, 5) is 25.4. The van der Waals surface area contributed by atoms with Gasteiger partial charge in [-0.1, -0.05) is 27.2 Å². The van der Waals surface area contributed by atoms with Crippen LogP contribution in [0.4, 0.5) is 0 Å². The van der Waals surface area contributed by atoms with Gasteiger partial charge in [-0.05, 0) is 49.7 Å². The zero-order valence-corrected chi connectivity index (χ0v) is 15.2. The monoisotopic (exact) mass is 338 g/mol. The Balaban J connectivity index is 1.84. The molecule has 1 heterocycles. The quantitative estimate of drug-likeness (QED) is 0.754. The van der Waals surface area contributed by atoms with E-state index in [-0.39, 0.29) is 12.7 Å². The van der Waals surface area contributed by atoms with E-state index in [0.29, 0.717) is 22.6 Å². The second kappa shape index (κ2) is 7.95. The van der Waals surface area contributed by atoms with E-state index in [1.165, 1.54) is 17.8 Å². The van der Waals surface area contributed by atoms with Gasteiger partial charge in [-0.3, -0.25) is 0 Å². The normalized spacial score (nSPS) is 24.5. The lowest BCUT2D eigenvalue weighted by molar-refractivity contribution is -0.159. The van der Waals surface area contributed by atoms with Gasteiger partial charge in [0.2, 0.25) is 0 Å². The smallest absolute Gasteiger partial charge is 0.348 e. The molecule has 0 unspecified atom stereocenters. The molecule has 3 atom stereocenters. The Kier molecular flexibility index (Phi) is 6.22. The molecule has 0 bridgehead atoms. The minimum absolute atomic E-state index is 0.0612. The Bertz CT molecular complexity index is 549. The van der Waals surface area contributed by atoms with Crippen LogP contribution in [0.2, 0.25) is 0 Å². The zero-order chi connectivity index (χ0) is 17.0. The molecule has 128 valence electrons. The number of hydrogen-bond acceptors (Lipinski definition) is 5. The van der Waals surface area contributed by atoms with Crippen LogP contribution < -0.4 is 0 Å². The topological polar surface area (TPSA) is 52.6 Å². The highest BCUT2D eigenvalue weighted by molar-refractivity contribution is 7.13. The molecule has 23 heavy (non-hydrogen) atoms. The molecular formula is C18H26O4S. The number of hydrogen-bond donors (Lipinski definition) is 0. The van der Waals surface area contributed by atoms with Crippen molar-refractivity contribution < 1.29 is 19.1 Å². The second-order valence-electron chi connectivity index (χ2n) is 6.84. The first kappa shape index (κ1) is 18.0. The second-order valence-corrected chi connectivity index (χ2v) is 8.13. The minimum atomic E-state index is -0.461. The molecule has 1 aliphatic carbocycles. The van der Waals surface area contributed by atoms with Crippen molar-refractivity contribution in [1.29, 1.82) is 0 Å². The lowest BCUT2D eigenvalue weighted by Crippen LogP contribution is -2.36. The molecule has 0 aromatic carbocycles. The van der Waals surface area contributed by atoms with Crippen molar-refractivity contribution in [2.45, 2.75) is 53.1 Å². The fourth-order valence-electron chi connectivity index (χ4n) is 3.19. The Labute approximate surface area is 142 Å². The van der Waals surface area contributed by atoms with Gasteiger partial charge in [0, 0.05) is 4.88 Å². The van der Waals surface area contributed by atoms with E-state index in [4.69, 9.17) is 9.47 Å². The van der Waals surface area contributed by atoms with Gasteiger partial charge in [0.1, 0.15) is 11.0 Å². The summed E-state index contributed by atoms with van der Waals surface area (Å²) in [5, 5.41) is 0. The summed E-state index contributed by atoms with van der Waals surface area (Å²) >= 11 is 1.36. The molecule has 4 nitrogen and oxygen atoms in total. The van der Waals surface area contributed by atoms with Gasteiger partial charge in [0.05, 0.1) is 0 Å². The molecule has 5 heteroatoms. The maximum absolute atomic E-state index is 12.0. The summed E-state index contributed by atoms with van der Waals surface area (Å²) in [5.41, 5.74) is 0. The van der Waals surface area contributed by atoms with E-state index in [2.05, 4.69) is 20.8 Å². The summed E-state index contributed by atoms with van der Waals surface area (Å²) in [6.07, 6.45) is 3.11. The molecule has 0 aliphatic heterocycles. The SMILES string of the molecule is Cc1ccc(C(=O)OCC(=O)O[C@@H]2C[C@H](C)CC[C@@H]2C(C)C)s1. The van der Waals surface area contributed by atoms with Crippen molar-refractivity contribution in [2.24, 2.45) is 17.8 Å². The highest BCUT2D eigenvalue weighted by atomic mass is 32.1. The molecule has 2 rings (SSSR count). The molecule has 1 aliphatic rings. The Hall–Kier alpha value is -1.36. The maximum atomic E-state index is 12.0. The van der Waals surface area contributed by atoms with Crippen LogP contribution in [0.3, 0.4) is 0 Å². The van der Waals surface area contributed by atoms with Gasteiger partial charge in [-0.25, -0.2) is 9.59 Å². The van der Waals surface area contributed by atoms with Crippen LogP contribution >= 0.6 is 11.3 Å². The van der Waals surface area contributed by atoms with Crippen molar-refractivity contribution in [3.05, 3.63) is 21.9 Å². The molecule has 1 aromatic rings. The predicted molar refractivity (Wildman–Crippen MR) is 90.6 cm³/mol. The van der Waals surface area contributed by atoms with Crippen LogP contribution in [0, 0.1) is 24.7 Å². The number of ether oxygens (including phenoxy) is 2. The van der Waals surface area contributed by atoms with Crippen molar-refractivity contribution >= 4 is 23.3 Å². The van der Waals surface area contributed by atoms with E-state index in [1.54, 1.807) is 6.07 Å². The molecule has 0 radical (unpaired) electrons. The standard InChI is InChI=1S/C18H26O4S/c1-11(2)14-7-5-12(3)9-15(14)22-17(19)10-21-18(20)16-8-6-13(4)23-16/h6,8,11-12,14-15H,5,7,9-10H2,1-4H3/t12-,14-,15-/m1/s1. The van der Waals surface area contributed by atoms with Crippen LogP contribution in [0.5, 0.6) is 0 Å². The number of rotatable bonds is 5. The Morgan fingerprint density at radius 1 is 1.30 bits per heavy atom. The number of carbonyl (C=O) groups excluding carboxylic acids is 2. The number of esters is 2. The van der Waals surface area contributed by atoms with Gasteiger partial charge >= 0.3 is 11.9 Å². The summed E-state index contributed by atoms with van der Waals surface area (Å²) in [7, 11) is 0. The molecule has 1 aromatic heterocycles. The molecule has 1 fully saturated rings. The first-order valence-electron chi connectivity index (χ1n) is 8.30. The molecule has 0 N–H and O–H groups in total. The van der Waals surface area contributed by atoms with Gasteiger partial charge in [0.15, 0.2) is 6.61 Å². The van der Waals surface area contributed by atoms with Crippen molar-refractivity contribution in [3.8, 4) is 0 Å². The van der Waals surface area contributed by atoms with Crippen LogP contribution in [0.15, 0.2) is 12.1 Å². The van der Waals surface area contributed by atoms with Crippen LogP contribution in [0.1, 0.15) is 54.6 Å². The first-order valence-corrected chi connectivity index (χ1v) is 9.11. The first-order chi connectivity index (χ1) is 10.9. The van der Waals surface area contributed by atoms with E-state index in [1.807, 2.05) is 13.0 Å². The van der Waals surface area contributed by atoms with Crippen LogP contribution in [-0.2, 0) is 14.3 Å². The van der Waals surface area contributed by atoms with Crippen molar-refractivity contribution in [2.75, 3.05) is 6.61 Å². The third kappa shape index (κ3) is 5.06. The van der Waals surface area contributed by atoms with Gasteiger partial charge in [-0.2, -0.15) is 0 Å². The molecule has 1 saturated carbocycles. The zero-order valence-electron chi connectivity index (χ0n) is 14.3. The Morgan fingerprint density at radius 2 is 2.04 bits per heavy atom. The molecule has 0 saturated heterocycles. The molecule has 0 amide bonds. The largest absolute Gasteiger partial charge is 0.460 e. The van der Waals surface area contributed by atoms with Gasteiger partial charge in [-0.15, -0.1) is 11.3 Å². The molecular weight excluding hydrogens is 312 g/mol. The lowest BCUT2D eigenvalue weighted by atomic mass is 9.75. The highest BCUT2D eigenvalue weighted by Crippen LogP contribution is 2.35. The summed E-state index contributed by atoms with van der Waals surface area (Å²) in [6.45, 7) is 8.13. The summed E-state index contributed by atoms with van der Waals surface area (Å²) in [5.74, 6) is 0.538. The fourth-order valence-corrected chi connectivity index (χ4v) is 3.95.